The molecule has 58 valence electrons. The first-order valence-corrected chi connectivity index (χ1v) is 4.27. The maximum absolute atomic E-state index is 10.2. The molecule has 0 radical (unpaired) electrons. The highest BCUT2D eigenvalue weighted by Crippen LogP contribution is 2.21. The van der Waals surface area contributed by atoms with E-state index < -0.39 is 4.92 Å². The predicted molar refractivity (Wildman–Crippen MR) is 53.1 cm³/mol. The molecule has 1 aromatic carbocycles. The van der Waals surface area contributed by atoms with Crippen LogP contribution in [0.5, 0.6) is 0 Å². The summed E-state index contributed by atoms with van der Waals surface area (Å²) in [5.41, 5.74) is 0.104. The van der Waals surface area contributed by atoms with Gasteiger partial charge in [-0.2, -0.15) is 0 Å². The Hall–Kier alpha value is -0.300. The average molecular weight is 281 g/mol. The van der Waals surface area contributed by atoms with E-state index in [2.05, 4.69) is 12.6 Å². The second-order valence-corrected chi connectivity index (χ2v) is 3.54. The van der Waals surface area contributed by atoms with Crippen LogP contribution in [0.1, 0.15) is 0 Å². The predicted octanol–water partition coefficient (Wildman–Crippen LogP) is 2.49. The summed E-state index contributed by atoms with van der Waals surface area (Å²) in [6.45, 7) is 0. The van der Waals surface area contributed by atoms with Crippen molar-refractivity contribution in [2.24, 2.45) is 0 Å². The van der Waals surface area contributed by atoms with Gasteiger partial charge in [0.15, 0.2) is 0 Å². The zero-order chi connectivity index (χ0) is 8.43. The molecule has 0 aromatic heterocycles. The minimum absolute atomic E-state index is 0.104. The van der Waals surface area contributed by atoms with Crippen molar-refractivity contribution < 1.29 is 4.92 Å². The van der Waals surface area contributed by atoms with E-state index in [1.165, 1.54) is 12.1 Å². The van der Waals surface area contributed by atoms with Gasteiger partial charge in [0.05, 0.1) is 4.92 Å². The molecule has 0 fully saturated rings. The summed E-state index contributed by atoms with van der Waals surface area (Å²) >= 11 is 6.09. The minimum atomic E-state index is -0.421. The van der Waals surface area contributed by atoms with Crippen LogP contribution in [0.15, 0.2) is 23.1 Å². The maximum atomic E-state index is 10.2. The van der Waals surface area contributed by atoms with Gasteiger partial charge in [0.25, 0.3) is 5.69 Å². The molecule has 0 amide bonds. The smallest absolute Gasteiger partial charge is 0.258 e. The summed E-state index contributed by atoms with van der Waals surface area (Å²) in [4.78, 5) is 10.6. The van der Waals surface area contributed by atoms with Gasteiger partial charge in [0.2, 0.25) is 0 Å². The molecule has 0 N–H and O–H groups in total. The Morgan fingerprint density at radius 3 is 2.64 bits per heavy atom. The first kappa shape index (κ1) is 8.79. The molecule has 5 heteroatoms. The van der Waals surface area contributed by atoms with E-state index >= 15 is 0 Å². The molecule has 0 saturated heterocycles. The fraction of sp³-hybridized carbons (Fsp3) is 0. The molecule has 1 aromatic rings. The van der Waals surface area contributed by atoms with Crippen LogP contribution < -0.4 is 0 Å². The molecular weight excluding hydrogens is 277 g/mol. The van der Waals surface area contributed by atoms with Crippen molar-refractivity contribution in [1.29, 1.82) is 0 Å². The van der Waals surface area contributed by atoms with Crippen LogP contribution in [0, 0.1) is 13.7 Å². The Morgan fingerprint density at radius 1 is 1.55 bits per heavy atom. The molecule has 0 bridgehead atoms. The van der Waals surface area contributed by atoms with Gasteiger partial charge >= 0.3 is 0 Å². The Kier molecular flexibility index (Phi) is 2.72. The summed E-state index contributed by atoms with van der Waals surface area (Å²) in [7, 11) is 0. The quantitative estimate of drug-likeness (QED) is 0.372. The molecule has 0 aliphatic heterocycles. The van der Waals surface area contributed by atoms with E-state index in [1.54, 1.807) is 6.07 Å². The van der Waals surface area contributed by atoms with Crippen LogP contribution >= 0.6 is 35.2 Å². The molecule has 3 nitrogen and oxygen atoms in total. The van der Waals surface area contributed by atoms with Gasteiger partial charge < -0.3 is 0 Å². The van der Waals surface area contributed by atoms with Crippen molar-refractivity contribution >= 4 is 40.9 Å². The summed E-state index contributed by atoms with van der Waals surface area (Å²) in [5, 5.41) is 10.2. The van der Waals surface area contributed by atoms with E-state index in [-0.39, 0.29) is 5.69 Å². The third kappa shape index (κ3) is 2.06. The molecule has 0 atom stereocenters. The number of thiol groups is 1. The fourth-order valence-corrected chi connectivity index (χ4v) is 1.25. The van der Waals surface area contributed by atoms with Crippen molar-refractivity contribution in [3.8, 4) is 0 Å². The Bertz CT molecular complexity index is 303. The third-order valence-corrected chi connectivity index (χ3v) is 2.85. The van der Waals surface area contributed by atoms with Gasteiger partial charge in [-0.15, -0.1) is 12.6 Å². The molecule has 1 rings (SSSR count). The summed E-state index contributed by atoms with van der Waals surface area (Å²) in [5.74, 6) is 0. The van der Waals surface area contributed by atoms with E-state index in [9.17, 15) is 10.1 Å². The lowest BCUT2D eigenvalue weighted by Crippen LogP contribution is -1.88. The molecule has 11 heavy (non-hydrogen) atoms. The number of halogens is 1. The lowest BCUT2D eigenvalue weighted by Gasteiger charge is -1.94. The van der Waals surface area contributed by atoms with Gasteiger partial charge in [-0.3, -0.25) is 10.1 Å². The topological polar surface area (TPSA) is 43.1 Å². The number of nitro groups is 1. The molecule has 0 aliphatic carbocycles. The third-order valence-electron chi connectivity index (χ3n) is 1.14. The average Bonchev–Trinajstić information content (AvgIpc) is 1.94. The lowest BCUT2D eigenvalue weighted by molar-refractivity contribution is -0.385. The zero-order valence-electron chi connectivity index (χ0n) is 5.32. The largest absolute Gasteiger partial charge is 0.270 e. The first-order chi connectivity index (χ1) is 5.11. The van der Waals surface area contributed by atoms with E-state index in [4.69, 9.17) is 0 Å². The van der Waals surface area contributed by atoms with Crippen molar-refractivity contribution in [1.82, 2.24) is 0 Å². The fourth-order valence-electron chi connectivity index (χ4n) is 0.609. The second kappa shape index (κ2) is 3.40. The van der Waals surface area contributed by atoms with Crippen molar-refractivity contribution in [2.45, 2.75) is 4.90 Å². The maximum Gasteiger partial charge on any atom is 0.270 e. The Morgan fingerprint density at radius 2 is 2.18 bits per heavy atom. The summed E-state index contributed by atoms with van der Waals surface area (Å²) in [6, 6.07) is 4.54. The van der Waals surface area contributed by atoms with Crippen LogP contribution in [-0.4, -0.2) is 4.92 Å². The second-order valence-electron chi connectivity index (χ2n) is 1.89. The van der Waals surface area contributed by atoms with E-state index in [0.29, 0.717) is 0 Å². The van der Waals surface area contributed by atoms with Gasteiger partial charge in [0, 0.05) is 20.6 Å². The molecule has 0 saturated carbocycles. The van der Waals surface area contributed by atoms with E-state index in [1.807, 2.05) is 22.6 Å². The van der Waals surface area contributed by atoms with Gasteiger partial charge in [-0.05, 0) is 28.7 Å². The van der Waals surface area contributed by atoms with Crippen LogP contribution in [0.2, 0.25) is 0 Å². The Labute approximate surface area is 82.5 Å². The van der Waals surface area contributed by atoms with Crippen molar-refractivity contribution in [3.05, 3.63) is 31.9 Å². The van der Waals surface area contributed by atoms with Crippen molar-refractivity contribution in [2.75, 3.05) is 0 Å². The van der Waals surface area contributed by atoms with Crippen LogP contribution in [-0.2, 0) is 0 Å². The minimum Gasteiger partial charge on any atom is -0.258 e. The first-order valence-electron chi connectivity index (χ1n) is 2.74. The Balaban J connectivity index is 3.15. The molecule has 0 aliphatic rings. The molecule has 0 spiro atoms. The lowest BCUT2D eigenvalue weighted by atomic mass is 10.3. The monoisotopic (exact) mass is 281 g/mol. The number of non-ortho nitro benzene ring substituents is 1. The van der Waals surface area contributed by atoms with Gasteiger partial charge in [0.1, 0.15) is 0 Å². The number of hydrogen-bond acceptors (Lipinski definition) is 3. The number of hydrogen-bond donors (Lipinski definition) is 1. The number of benzene rings is 1. The highest BCUT2D eigenvalue weighted by Gasteiger charge is 2.05. The highest BCUT2D eigenvalue weighted by atomic mass is 127. The van der Waals surface area contributed by atoms with Crippen LogP contribution in [0.3, 0.4) is 0 Å². The van der Waals surface area contributed by atoms with Gasteiger partial charge in [-0.25, -0.2) is 0 Å². The van der Waals surface area contributed by atoms with Crippen molar-refractivity contribution in [3.63, 3.8) is 0 Å². The molecular formula is C6H4INO2S. The zero-order valence-corrected chi connectivity index (χ0v) is 8.37. The van der Waals surface area contributed by atoms with Crippen LogP contribution in [0.4, 0.5) is 5.69 Å². The number of rotatable bonds is 1. The number of nitrogens with zero attached hydrogens (tertiary/aromatic N) is 1. The molecule has 0 unspecified atom stereocenters. The standard InChI is InChI=1S/C6H4INO2S/c7-5-3-4(8(9)10)1-2-6(5)11/h1-3,11H. The number of nitro benzene ring substituents is 1. The van der Waals surface area contributed by atoms with Gasteiger partial charge in [-0.1, -0.05) is 0 Å². The van der Waals surface area contributed by atoms with E-state index in [0.717, 1.165) is 8.47 Å². The van der Waals surface area contributed by atoms with Crippen LogP contribution in [0.25, 0.3) is 0 Å². The normalized spacial score (nSPS) is 9.64. The summed E-state index contributed by atoms with van der Waals surface area (Å²) in [6.07, 6.45) is 0. The molecule has 0 heterocycles. The highest BCUT2D eigenvalue weighted by molar-refractivity contribution is 14.1. The SMILES string of the molecule is O=[N+]([O-])c1ccc(S)c(I)c1. The summed E-state index contributed by atoms with van der Waals surface area (Å²) < 4.78 is 0.792.